The first-order valence-corrected chi connectivity index (χ1v) is 9.93. The molecule has 4 nitrogen and oxygen atoms in total. The standard InChI is InChI=1S/C7H14O4.2CH4.I2/c1-7(2,6(8)9)4-3-5-11-10;;;1-2/h10H,3-5H2,1-2H3,(H,8,9);2*1H4;. The lowest BCUT2D eigenvalue weighted by Gasteiger charge is -2.17. The Morgan fingerprint density at radius 3 is 2.00 bits per heavy atom. The van der Waals surface area contributed by atoms with Crippen molar-refractivity contribution in [3.05, 3.63) is 0 Å². The van der Waals surface area contributed by atoms with Crippen molar-refractivity contribution in [3.8, 4) is 0 Å². The Morgan fingerprint density at radius 1 is 1.33 bits per heavy atom. The predicted octanol–water partition coefficient (Wildman–Crippen LogP) is 4.41. The summed E-state index contributed by atoms with van der Waals surface area (Å²) in [6.07, 6.45) is 1.05. The Hall–Kier alpha value is 0.850. The maximum atomic E-state index is 10.5. The van der Waals surface area contributed by atoms with E-state index in [1.807, 2.05) is 0 Å². The highest BCUT2D eigenvalue weighted by molar-refractivity contribution is 15.0. The van der Waals surface area contributed by atoms with Gasteiger partial charge in [0.2, 0.25) is 0 Å². The van der Waals surface area contributed by atoms with Crippen LogP contribution in [0.1, 0.15) is 41.5 Å². The topological polar surface area (TPSA) is 66.8 Å². The molecule has 0 aliphatic rings. The van der Waals surface area contributed by atoms with Crippen LogP contribution in [-0.4, -0.2) is 22.9 Å². The summed E-state index contributed by atoms with van der Waals surface area (Å²) in [6, 6.07) is 0. The molecule has 0 radical (unpaired) electrons. The molecule has 0 aliphatic carbocycles. The lowest BCUT2D eigenvalue weighted by Crippen LogP contribution is -2.23. The van der Waals surface area contributed by atoms with Crippen LogP contribution in [0.5, 0.6) is 0 Å². The quantitative estimate of drug-likeness (QED) is 0.283. The zero-order valence-electron chi connectivity index (χ0n) is 7.59. The Morgan fingerprint density at radius 2 is 1.73 bits per heavy atom. The van der Waals surface area contributed by atoms with E-state index in [9.17, 15) is 4.79 Å². The van der Waals surface area contributed by atoms with Crippen LogP contribution in [0.2, 0.25) is 0 Å². The second-order valence-electron chi connectivity index (χ2n) is 3.13. The van der Waals surface area contributed by atoms with Crippen LogP contribution in [-0.2, 0) is 9.68 Å². The molecule has 0 aromatic heterocycles. The molecular formula is C9H22I2O4. The van der Waals surface area contributed by atoms with E-state index >= 15 is 0 Å². The third kappa shape index (κ3) is 14.8. The Labute approximate surface area is 116 Å². The second-order valence-corrected chi connectivity index (χ2v) is 3.13. The lowest BCUT2D eigenvalue weighted by atomic mass is 9.88. The van der Waals surface area contributed by atoms with Crippen molar-refractivity contribution < 1.29 is 20.0 Å². The molecule has 0 saturated heterocycles. The average Bonchev–Trinajstić information content (AvgIpc) is 2.08. The van der Waals surface area contributed by atoms with Gasteiger partial charge < -0.3 is 5.11 Å². The number of rotatable bonds is 5. The van der Waals surface area contributed by atoms with E-state index in [1.165, 1.54) is 0 Å². The molecule has 15 heavy (non-hydrogen) atoms. The van der Waals surface area contributed by atoms with Crippen molar-refractivity contribution in [2.45, 2.75) is 41.5 Å². The summed E-state index contributed by atoms with van der Waals surface area (Å²) in [6.45, 7) is 3.48. The molecule has 0 atom stereocenters. The third-order valence-electron chi connectivity index (χ3n) is 1.62. The molecule has 0 heterocycles. The molecule has 0 aromatic rings. The maximum Gasteiger partial charge on any atom is 0.309 e. The minimum atomic E-state index is -0.824. The average molecular weight is 448 g/mol. The summed E-state index contributed by atoms with van der Waals surface area (Å²) < 4.78 is 0. The van der Waals surface area contributed by atoms with Gasteiger partial charge in [-0.05, 0) is 26.7 Å². The Bertz CT molecular complexity index is 140. The summed E-state index contributed by atoms with van der Waals surface area (Å²) in [5, 5.41) is 16.6. The van der Waals surface area contributed by atoms with Gasteiger partial charge in [-0.15, -0.1) is 0 Å². The fraction of sp³-hybridized carbons (Fsp3) is 0.889. The van der Waals surface area contributed by atoms with E-state index in [1.54, 1.807) is 13.8 Å². The van der Waals surface area contributed by atoms with Crippen molar-refractivity contribution in [2.75, 3.05) is 6.61 Å². The molecule has 2 N–H and O–H groups in total. The molecule has 0 aliphatic heterocycles. The molecular weight excluding hydrogens is 426 g/mol. The molecule has 0 amide bonds. The van der Waals surface area contributed by atoms with Gasteiger partial charge in [0, 0.05) is 37.2 Å². The van der Waals surface area contributed by atoms with Gasteiger partial charge in [-0.2, -0.15) is 0 Å². The fourth-order valence-electron chi connectivity index (χ4n) is 0.686. The van der Waals surface area contributed by atoms with Gasteiger partial charge in [0.05, 0.1) is 12.0 Å². The highest BCUT2D eigenvalue weighted by Gasteiger charge is 2.25. The van der Waals surface area contributed by atoms with Gasteiger partial charge in [-0.25, -0.2) is 4.89 Å². The molecule has 0 rings (SSSR count). The minimum absolute atomic E-state index is 0. The van der Waals surface area contributed by atoms with Gasteiger partial charge in [0.15, 0.2) is 0 Å². The van der Waals surface area contributed by atoms with Crippen LogP contribution in [0.25, 0.3) is 0 Å². The van der Waals surface area contributed by atoms with E-state index in [0.29, 0.717) is 12.8 Å². The molecule has 0 saturated carbocycles. The van der Waals surface area contributed by atoms with Crippen LogP contribution < -0.4 is 0 Å². The Balaban J connectivity index is -0.000000142. The van der Waals surface area contributed by atoms with Crippen molar-refractivity contribution in [1.29, 1.82) is 0 Å². The lowest BCUT2D eigenvalue weighted by molar-refractivity contribution is -0.243. The summed E-state index contributed by atoms with van der Waals surface area (Å²) >= 11 is 4.24. The van der Waals surface area contributed by atoms with Crippen molar-refractivity contribution in [2.24, 2.45) is 5.41 Å². The number of carboxylic acids is 1. The number of aliphatic carboxylic acids is 1. The summed E-state index contributed by atoms with van der Waals surface area (Å²) in [7, 11) is 0. The molecule has 0 unspecified atom stereocenters. The van der Waals surface area contributed by atoms with E-state index in [-0.39, 0.29) is 21.5 Å². The molecule has 0 spiro atoms. The van der Waals surface area contributed by atoms with Crippen molar-refractivity contribution in [3.63, 3.8) is 0 Å². The molecule has 0 fully saturated rings. The van der Waals surface area contributed by atoms with E-state index in [2.05, 4.69) is 42.1 Å². The predicted molar refractivity (Wildman–Crippen MR) is 80.7 cm³/mol. The molecule has 0 aromatic carbocycles. The van der Waals surface area contributed by atoms with Crippen LogP contribution in [0.3, 0.4) is 0 Å². The summed E-state index contributed by atoms with van der Waals surface area (Å²) in [5.74, 6) is -0.824. The zero-order valence-corrected chi connectivity index (χ0v) is 11.9. The first kappa shape index (κ1) is 24.9. The van der Waals surface area contributed by atoms with E-state index < -0.39 is 11.4 Å². The third-order valence-corrected chi connectivity index (χ3v) is 1.62. The van der Waals surface area contributed by atoms with E-state index in [0.717, 1.165) is 0 Å². The van der Waals surface area contributed by atoms with Crippen LogP contribution in [0.4, 0.5) is 0 Å². The number of carboxylic acid groups (broad SMARTS) is 1. The van der Waals surface area contributed by atoms with Crippen LogP contribution in [0, 0.1) is 5.41 Å². The van der Waals surface area contributed by atoms with Crippen molar-refractivity contribution >= 4 is 43.2 Å². The monoisotopic (exact) mass is 448 g/mol. The smallest absolute Gasteiger partial charge is 0.309 e. The van der Waals surface area contributed by atoms with Gasteiger partial charge in [-0.3, -0.25) is 10.1 Å². The molecule has 0 bridgehead atoms. The highest BCUT2D eigenvalue weighted by atomic mass is 128. The van der Waals surface area contributed by atoms with Crippen LogP contribution >= 0.6 is 37.2 Å². The molecule has 6 heteroatoms. The Kier molecular flexibility index (Phi) is 24.6. The zero-order chi connectivity index (χ0) is 10.9. The number of hydrogen-bond donors (Lipinski definition) is 2. The SMILES string of the molecule is C.C.CC(C)(CCCOO)C(=O)O.II. The normalized spacial score (nSPS) is 8.87. The van der Waals surface area contributed by atoms with Gasteiger partial charge in [0.1, 0.15) is 0 Å². The van der Waals surface area contributed by atoms with Gasteiger partial charge >= 0.3 is 5.97 Å². The van der Waals surface area contributed by atoms with E-state index in [4.69, 9.17) is 10.4 Å². The number of hydrogen-bond acceptors (Lipinski definition) is 3. The van der Waals surface area contributed by atoms with Crippen molar-refractivity contribution in [1.82, 2.24) is 0 Å². The maximum absolute atomic E-state index is 10.5. The second kappa shape index (κ2) is 14.8. The van der Waals surface area contributed by atoms with Gasteiger partial charge in [0.25, 0.3) is 0 Å². The first-order chi connectivity index (χ1) is 6.00. The van der Waals surface area contributed by atoms with Gasteiger partial charge in [-0.1, -0.05) is 14.9 Å². The first-order valence-electron chi connectivity index (χ1n) is 3.65. The number of halogens is 2. The van der Waals surface area contributed by atoms with Crippen LogP contribution in [0.15, 0.2) is 0 Å². The fourth-order valence-corrected chi connectivity index (χ4v) is 0.686. The molecule has 96 valence electrons. The summed E-state index contributed by atoms with van der Waals surface area (Å²) in [5.41, 5.74) is -0.724. The largest absolute Gasteiger partial charge is 0.481 e. The minimum Gasteiger partial charge on any atom is -0.481 e. The highest BCUT2D eigenvalue weighted by Crippen LogP contribution is 2.21. The number of carbonyl (C=O) groups is 1. The summed E-state index contributed by atoms with van der Waals surface area (Å²) in [4.78, 5) is 14.3.